The summed E-state index contributed by atoms with van der Waals surface area (Å²) in [6.45, 7) is 6.96. The van der Waals surface area contributed by atoms with Gasteiger partial charge in [-0.2, -0.15) is 5.10 Å². The molecule has 27 heavy (non-hydrogen) atoms. The Labute approximate surface area is 173 Å². The monoisotopic (exact) mass is 544 g/mol. The molecule has 0 unspecified atom stereocenters. The summed E-state index contributed by atoms with van der Waals surface area (Å²) in [4.78, 5) is 10.0. The second-order valence-corrected chi connectivity index (χ2v) is 5.83. The molecule has 3 aromatic rings. The minimum Gasteiger partial charge on any atom is -0.512 e. The van der Waals surface area contributed by atoms with E-state index < -0.39 is 0 Å². The molecule has 1 N–H and O–H groups in total. The Morgan fingerprint density at radius 3 is 2.26 bits per heavy atom. The van der Waals surface area contributed by atoms with E-state index in [4.69, 9.17) is 5.11 Å². The second-order valence-electron chi connectivity index (χ2n) is 5.83. The average Bonchev–Trinajstić information content (AvgIpc) is 3.04. The van der Waals surface area contributed by atoms with Crippen molar-refractivity contribution in [2.24, 2.45) is 0 Å². The normalized spacial score (nSPS) is 10.4. The van der Waals surface area contributed by atoms with Gasteiger partial charge in [0.2, 0.25) is 0 Å². The van der Waals surface area contributed by atoms with Crippen LogP contribution in [0.15, 0.2) is 54.3 Å². The van der Waals surface area contributed by atoms with Crippen molar-refractivity contribution in [3.63, 3.8) is 0 Å². The molecule has 0 bridgehead atoms. The zero-order valence-electron chi connectivity index (χ0n) is 15.6. The Balaban J connectivity index is 0.000000395. The third-order valence-electron chi connectivity index (χ3n) is 3.48. The average molecular weight is 544 g/mol. The number of tetrazole rings is 1. The Bertz CT molecular complexity index is 896. The summed E-state index contributed by atoms with van der Waals surface area (Å²) in [5, 5.41) is 20.4. The molecule has 1 aromatic heterocycles. The summed E-state index contributed by atoms with van der Waals surface area (Å²) in [5.74, 6) is 0.644. The summed E-state index contributed by atoms with van der Waals surface area (Å²) in [5.41, 5.74) is 4.20. The fourth-order valence-corrected chi connectivity index (χ4v) is 2.47. The predicted molar refractivity (Wildman–Crippen MR) is 100.0 cm³/mol. The van der Waals surface area contributed by atoms with E-state index in [1.54, 1.807) is 4.68 Å². The van der Waals surface area contributed by atoms with Gasteiger partial charge in [-0.25, -0.2) is 4.68 Å². The summed E-state index contributed by atoms with van der Waals surface area (Å²) >= 11 is 0. The molecule has 0 saturated heterocycles. The molecule has 144 valence electrons. The molecule has 0 fully saturated rings. The van der Waals surface area contributed by atoms with Crippen LogP contribution in [0.25, 0.3) is 17.1 Å². The summed E-state index contributed by atoms with van der Waals surface area (Å²) in [7, 11) is 0. The van der Waals surface area contributed by atoms with E-state index in [1.807, 2.05) is 30.3 Å². The fourth-order valence-electron chi connectivity index (χ4n) is 2.47. The van der Waals surface area contributed by atoms with Gasteiger partial charge in [-0.15, -0.1) is 35.9 Å². The van der Waals surface area contributed by atoms with Crippen molar-refractivity contribution in [2.45, 2.75) is 27.7 Å². The van der Waals surface area contributed by atoms with Gasteiger partial charge in [-0.05, 0) is 49.2 Å². The van der Waals surface area contributed by atoms with Gasteiger partial charge in [-0.3, -0.25) is 4.79 Å². The molecule has 0 spiro atoms. The third-order valence-corrected chi connectivity index (χ3v) is 3.48. The maximum atomic E-state index is 10.0. The van der Waals surface area contributed by atoms with Crippen molar-refractivity contribution in [1.82, 2.24) is 20.2 Å². The first-order valence-electron chi connectivity index (χ1n) is 8.10. The van der Waals surface area contributed by atoms with Crippen LogP contribution in [0.2, 0.25) is 0 Å². The van der Waals surface area contributed by atoms with Gasteiger partial charge in [0.1, 0.15) is 5.82 Å². The topological polar surface area (TPSA) is 80.9 Å². The van der Waals surface area contributed by atoms with Gasteiger partial charge in [0.25, 0.3) is 0 Å². The van der Waals surface area contributed by atoms with Crippen LogP contribution >= 0.6 is 0 Å². The first kappa shape index (κ1) is 22.4. The fraction of sp³-hybridized carbons (Fsp3) is 0.200. The number of aliphatic hydroxyl groups is 1. The van der Waals surface area contributed by atoms with Crippen LogP contribution in [0.1, 0.15) is 25.0 Å². The molecule has 0 aliphatic carbocycles. The van der Waals surface area contributed by atoms with E-state index in [0.717, 1.165) is 22.4 Å². The van der Waals surface area contributed by atoms with Crippen LogP contribution in [-0.4, -0.2) is 31.1 Å². The molecule has 0 radical (unpaired) electrons. The number of aliphatic hydroxyl groups excluding tert-OH is 1. The van der Waals surface area contributed by atoms with Crippen LogP contribution < -0.4 is 0 Å². The number of hydrogen-bond donors (Lipinski definition) is 1. The Morgan fingerprint density at radius 2 is 1.78 bits per heavy atom. The van der Waals surface area contributed by atoms with E-state index in [9.17, 15) is 4.79 Å². The number of aromatic nitrogens is 4. The number of rotatable bonds is 3. The van der Waals surface area contributed by atoms with Gasteiger partial charge < -0.3 is 5.11 Å². The van der Waals surface area contributed by atoms with E-state index >= 15 is 0 Å². The Kier molecular flexibility index (Phi) is 8.76. The van der Waals surface area contributed by atoms with E-state index in [0.29, 0.717) is 5.82 Å². The molecule has 7 heteroatoms. The zero-order chi connectivity index (χ0) is 19.1. The number of ketones is 1. The van der Waals surface area contributed by atoms with Gasteiger partial charge in [0, 0.05) is 27.1 Å². The van der Waals surface area contributed by atoms with E-state index in [-0.39, 0.29) is 32.6 Å². The first-order chi connectivity index (χ1) is 12.4. The molecular formula is C20H21N4O2Pt-. The molecule has 6 nitrogen and oxygen atoms in total. The van der Waals surface area contributed by atoms with E-state index in [2.05, 4.69) is 47.6 Å². The number of aryl methyl sites for hydroxylation is 2. The van der Waals surface area contributed by atoms with Crippen LogP contribution in [-0.2, 0) is 25.9 Å². The Morgan fingerprint density at radius 1 is 1.11 bits per heavy atom. The number of allylic oxidation sites excluding steroid dienone is 2. The van der Waals surface area contributed by atoms with Gasteiger partial charge in [-0.1, -0.05) is 18.2 Å². The number of hydrogen-bond acceptors (Lipinski definition) is 5. The van der Waals surface area contributed by atoms with Gasteiger partial charge in [0.05, 0.1) is 11.4 Å². The summed E-state index contributed by atoms with van der Waals surface area (Å²) in [6, 6.07) is 17.0. The maximum absolute atomic E-state index is 10.0. The van der Waals surface area contributed by atoms with Gasteiger partial charge in [0.15, 0.2) is 5.78 Å². The predicted octanol–water partition coefficient (Wildman–Crippen LogP) is 3.78. The molecular weight excluding hydrogens is 523 g/mol. The first-order valence-corrected chi connectivity index (χ1v) is 8.10. The minimum atomic E-state index is -0.125. The minimum absolute atomic E-state index is 0. The standard InChI is InChI=1S/C15H13N4.C5H8O2.Pt/c1-11-7-6-8-12(2)14(11)19-15(16-17-18-19)13-9-4-3-5-10-13;1-4(6)3-5(2)7;/h3-9H,1-2H3;3,6H,1-2H3;/q-1;;/b;4-3-;. The molecule has 0 amide bonds. The largest absolute Gasteiger partial charge is 0.512 e. The Hall–Kier alpha value is -2.59. The smallest absolute Gasteiger partial charge is 0.155 e. The molecule has 3 rings (SSSR count). The van der Waals surface area contributed by atoms with Crippen molar-refractivity contribution in [1.29, 1.82) is 0 Å². The van der Waals surface area contributed by atoms with Gasteiger partial charge >= 0.3 is 0 Å². The van der Waals surface area contributed by atoms with E-state index in [1.165, 1.54) is 19.9 Å². The maximum Gasteiger partial charge on any atom is 0.155 e. The van der Waals surface area contributed by atoms with Crippen molar-refractivity contribution >= 4 is 5.78 Å². The van der Waals surface area contributed by atoms with Crippen molar-refractivity contribution < 1.29 is 31.0 Å². The molecule has 0 saturated carbocycles. The number of nitrogens with zero attached hydrogens (tertiary/aromatic N) is 4. The number of para-hydroxylation sites is 1. The molecule has 0 aliphatic heterocycles. The zero-order valence-corrected chi connectivity index (χ0v) is 17.9. The molecule has 0 aliphatic rings. The van der Waals surface area contributed by atoms with Crippen molar-refractivity contribution in [2.75, 3.05) is 0 Å². The van der Waals surface area contributed by atoms with Crippen LogP contribution in [0.5, 0.6) is 0 Å². The van der Waals surface area contributed by atoms with Crippen LogP contribution in [0, 0.1) is 19.9 Å². The van der Waals surface area contributed by atoms with Crippen molar-refractivity contribution in [3.8, 4) is 17.1 Å². The number of carbonyl (C=O) groups excluding carboxylic acids is 1. The van der Waals surface area contributed by atoms with Crippen LogP contribution in [0.3, 0.4) is 0 Å². The van der Waals surface area contributed by atoms with Crippen molar-refractivity contribution in [3.05, 3.63) is 71.5 Å². The molecule has 0 atom stereocenters. The summed E-state index contributed by atoms with van der Waals surface area (Å²) < 4.78 is 1.77. The van der Waals surface area contributed by atoms with Crippen LogP contribution in [0.4, 0.5) is 0 Å². The number of carbonyl (C=O) groups is 1. The summed E-state index contributed by atoms with van der Waals surface area (Å²) in [6.07, 6.45) is 1.17. The molecule has 1 heterocycles. The number of benzene rings is 2. The third kappa shape index (κ3) is 6.26. The quantitative estimate of drug-likeness (QED) is 0.309. The second kappa shape index (κ2) is 10.5. The molecule has 2 aromatic carbocycles. The SMILES string of the molecule is CC(=O)/C=C(/C)O.Cc1cccc(C)c1-n1nnnc1-c1[c-]cccc1.[Pt].